The molecule has 2 aromatic heterocycles. The van der Waals surface area contributed by atoms with Gasteiger partial charge in [0.15, 0.2) is 11.6 Å². The molecule has 1 atom stereocenters. The van der Waals surface area contributed by atoms with Crippen molar-refractivity contribution >= 4 is 28.3 Å². The van der Waals surface area contributed by atoms with Crippen molar-refractivity contribution in [3.63, 3.8) is 0 Å². The largest absolute Gasteiger partial charge is 0.484 e. The predicted molar refractivity (Wildman–Crippen MR) is 102 cm³/mol. The second kappa shape index (κ2) is 7.56. The third kappa shape index (κ3) is 3.90. The van der Waals surface area contributed by atoms with Crippen molar-refractivity contribution in [2.45, 2.75) is 39.0 Å². The number of halogens is 1. The minimum absolute atomic E-state index is 0.0582. The molecule has 0 radical (unpaired) electrons. The van der Waals surface area contributed by atoms with E-state index < -0.39 is 5.82 Å². The highest BCUT2D eigenvalue weighted by molar-refractivity contribution is 7.07. The Morgan fingerprint density at radius 3 is 3.11 bits per heavy atom. The molecule has 1 unspecified atom stereocenters. The topological polar surface area (TPSA) is 70.2 Å². The van der Waals surface area contributed by atoms with E-state index in [1.807, 2.05) is 16.3 Å². The normalized spacial score (nSPS) is 16.8. The fourth-order valence-electron chi connectivity index (χ4n) is 3.37. The first kappa shape index (κ1) is 17.8. The van der Waals surface area contributed by atoms with Crippen LogP contribution in [-0.2, 0) is 13.2 Å². The minimum Gasteiger partial charge on any atom is -0.484 e. The van der Waals surface area contributed by atoms with Crippen LogP contribution in [0.2, 0.25) is 0 Å². The predicted octanol–water partition coefficient (Wildman–Crippen LogP) is 4.04. The number of urea groups is 1. The molecule has 1 fully saturated rings. The van der Waals surface area contributed by atoms with Crippen molar-refractivity contribution in [2.24, 2.45) is 0 Å². The first-order valence-electron chi connectivity index (χ1n) is 8.95. The molecular formula is C19H21FN4O2S. The number of thiazole rings is 1. The van der Waals surface area contributed by atoms with Crippen molar-refractivity contribution < 1.29 is 13.9 Å². The third-order valence-corrected chi connectivity index (χ3v) is 5.47. The first-order valence-corrected chi connectivity index (χ1v) is 9.90. The van der Waals surface area contributed by atoms with Crippen LogP contribution < -0.4 is 10.1 Å². The van der Waals surface area contributed by atoms with Crippen LogP contribution in [0.15, 0.2) is 29.1 Å². The van der Waals surface area contributed by atoms with Gasteiger partial charge >= 0.3 is 6.03 Å². The first-order chi connectivity index (χ1) is 13.1. The number of hydrogen-bond acceptors (Lipinski definition) is 4. The molecule has 8 heteroatoms. The van der Waals surface area contributed by atoms with E-state index in [-0.39, 0.29) is 24.4 Å². The lowest BCUT2D eigenvalue weighted by Gasteiger charge is -2.21. The van der Waals surface area contributed by atoms with Gasteiger partial charge in [-0.1, -0.05) is 0 Å². The van der Waals surface area contributed by atoms with E-state index in [1.54, 1.807) is 11.6 Å². The van der Waals surface area contributed by atoms with Gasteiger partial charge in [0.1, 0.15) is 6.61 Å². The number of hydrogen-bond donors (Lipinski definition) is 2. The van der Waals surface area contributed by atoms with Crippen molar-refractivity contribution in [1.82, 2.24) is 20.2 Å². The molecule has 6 nitrogen and oxygen atoms in total. The Labute approximate surface area is 160 Å². The van der Waals surface area contributed by atoms with E-state index in [1.165, 1.54) is 17.4 Å². The summed E-state index contributed by atoms with van der Waals surface area (Å²) < 4.78 is 19.8. The van der Waals surface area contributed by atoms with Gasteiger partial charge in [-0.3, -0.25) is 0 Å². The number of ether oxygens (including phenoxy) is 1. The number of benzene rings is 1. The molecule has 1 aliphatic heterocycles. The van der Waals surface area contributed by atoms with Gasteiger partial charge in [0.05, 0.1) is 17.7 Å². The number of H-pyrrole nitrogens is 1. The van der Waals surface area contributed by atoms with E-state index in [9.17, 15) is 9.18 Å². The van der Waals surface area contributed by atoms with E-state index in [0.29, 0.717) is 6.54 Å². The van der Waals surface area contributed by atoms with Crippen LogP contribution in [0.25, 0.3) is 10.9 Å². The lowest BCUT2D eigenvalue weighted by Crippen LogP contribution is -2.41. The Hall–Kier alpha value is -2.61. The maximum absolute atomic E-state index is 14.3. The summed E-state index contributed by atoms with van der Waals surface area (Å²) in [6.45, 7) is 3.45. The van der Waals surface area contributed by atoms with Crippen molar-refractivity contribution in [3.8, 4) is 5.75 Å². The second-order valence-corrected chi connectivity index (χ2v) is 7.49. The highest BCUT2D eigenvalue weighted by atomic mass is 32.1. The number of carbonyl (C=O) groups excluding carboxylic acids is 1. The van der Waals surface area contributed by atoms with Crippen LogP contribution >= 0.6 is 11.3 Å². The number of likely N-dealkylation sites (tertiary alicyclic amines) is 1. The summed E-state index contributed by atoms with van der Waals surface area (Å²) >= 11 is 1.47. The molecule has 27 heavy (non-hydrogen) atoms. The molecule has 142 valence electrons. The molecule has 3 aromatic rings. The van der Waals surface area contributed by atoms with E-state index in [4.69, 9.17) is 4.74 Å². The highest BCUT2D eigenvalue weighted by Crippen LogP contribution is 2.26. The monoisotopic (exact) mass is 388 g/mol. The van der Waals surface area contributed by atoms with Crippen LogP contribution in [0.4, 0.5) is 9.18 Å². The Kier molecular flexibility index (Phi) is 4.98. The SMILES string of the molecule is CC1CCCN1C(=O)NCc1cc2cc(F)c(OCc3cscn3)cc2[nH]1. The summed E-state index contributed by atoms with van der Waals surface area (Å²) in [4.78, 5) is 21.5. The lowest BCUT2D eigenvalue weighted by molar-refractivity contribution is 0.195. The Balaban J connectivity index is 1.43. The summed E-state index contributed by atoms with van der Waals surface area (Å²) in [5.41, 5.74) is 4.07. The number of aromatic nitrogens is 2. The standard InChI is InChI=1S/C19H21FN4O2S/c1-12-3-2-4-24(12)19(25)21-8-14-5-13-6-16(20)18(7-17(13)23-14)26-9-15-10-27-11-22-15/h5-7,10-12,23H,2-4,8-9H2,1H3,(H,21,25). The minimum atomic E-state index is -0.418. The summed E-state index contributed by atoms with van der Waals surface area (Å²) in [5, 5.41) is 5.54. The zero-order chi connectivity index (χ0) is 18.8. The zero-order valence-corrected chi connectivity index (χ0v) is 15.8. The summed E-state index contributed by atoms with van der Waals surface area (Å²) in [6.07, 6.45) is 2.09. The van der Waals surface area contributed by atoms with Gasteiger partial charge in [-0.25, -0.2) is 14.2 Å². The molecule has 2 N–H and O–H groups in total. The van der Waals surface area contributed by atoms with Crippen LogP contribution in [0, 0.1) is 5.82 Å². The number of aromatic amines is 1. The molecular weight excluding hydrogens is 367 g/mol. The van der Waals surface area contributed by atoms with Gasteiger partial charge in [-0.05, 0) is 31.9 Å². The van der Waals surface area contributed by atoms with Gasteiger partial charge in [0.25, 0.3) is 0 Å². The molecule has 2 amide bonds. The van der Waals surface area contributed by atoms with E-state index in [0.717, 1.165) is 41.7 Å². The Bertz CT molecular complexity index is 941. The lowest BCUT2D eigenvalue weighted by atomic mass is 10.2. The summed E-state index contributed by atoms with van der Waals surface area (Å²) in [7, 11) is 0. The van der Waals surface area contributed by atoms with Gasteiger partial charge in [-0.2, -0.15) is 0 Å². The molecule has 0 aliphatic carbocycles. The molecule has 0 saturated carbocycles. The molecule has 0 spiro atoms. The number of fused-ring (bicyclic) bond motifs is 1. The Morgan fingerprint density at radius 1 is 1.48 bits per heavy atom. The van der Waals surface area contributed by atoms with Gasteiger partial charge in [0, 0.05) is 40.6 Å². The smallest absolute Gasteiger partial charge is 0.317 e. The number of nitrogens with zero attached hydrogens (tertiary/aromatic N) is 2. The van der Waals surface area contributed by atoms with E-state index in [2.05, 4.69) is 22.2 Å². The number of nitrogens with one attached hydrogen (secondary N) is 2. The molecule has 4 rings (SSSR count). The quantitative estimate of drug-likeness (QED) is 0.693. The maximum Gasteiger partial charge on any atom is 0.317 e. The summed E-state index contributed by atoms with van der Waals surface area (Å²) in [5.74, 6) is -0.239. The zero-order valence-electron chi connectivity index (χ0n) is 15.0. The van der Waals surface area contributed by atoms with Crippen molar-refractivity contribution in [1.29, 1.82) is 0 Å². The molecule has 1 aliphatic rings. The van der Waals surface area contributed by atoms with Gasteiger partial charge < -0.3 is 19.9 Å². The molecule has 1 saturated heterocycles. The van der Waals surface area contributed by atoms with Gasteiger partial charge in [-0.15, -0.1) is 11.3 Å². The molecule has 1 aromatic carbocycles. The van der Waals surface area contributed by atoms with Crippen LogP contribution in [0.5, 0.6) is 5.75 Å². The molecule has 3 heterocycles. The van der Waals surface area contributed by atoms with Crippen LogP contribution in [-0.4, -0.2) is 33.5 Å². The Morgan fingerprint density at radius 2 is 2.37 bits per heavy atom. The van der Waals surface area contributed by atoms with Crippen LogP contribution in [0.1, 0.15) is 31.2 Å². The highest BCUT2D eigenvalue weighted by Gasteiger charge is 2.24. The average Bonchev–Trinajstić information content (AvgIpc) is 3.38. The van der Waals surface area contributed by atoms with Gasteiger partial charge in [0.2, 0.25) is 0 Å². The van der Waals surface area contributed by atoms with Crippen molar-refractivity contribution in [3.05, 3.63) is 46.3 Å². The summed E-state index contributed by atoms with van der Waals surface area (Å²) in [6, 6.07) is 5.15. The molecule has 0 bridgehead atoms. The fourth-order valence-corrected chi connectivity index (χ4v) is 3.91. The van der Waals surface area contributed by atoms with E-state index >= 15 is 0 Å². The second-order valence-electron chi connectivity index (χ2n) is 6.78. The van der Waals surface area contributed by atoms with Crippen LogP contribution in [0.3, 0.4) is 0 Å². The number of carbonyl (C=O) groups is 1. The maximum atomic E-state index is 14.3. The third-order valence-electron chi connectivity index (χ3n) is 4.83. The fraction of sp³-hybridized carbons (Fsp3) is 0.368. The van der Waals surface area contributed by atoms with Crippen molar-refractivity contribution in [2.75, 3.05) is 6.54 Å². The average molecular weight is 388 g/mol. The number of rotatable bonds is 5. The number of amides is 2.